The van der Waals surface area contributed by atoms with E-state index in [4.69, 9.17) is 11.1 Å². The fourth-order valence-electron chi connectivity index (χ4n) is 1.84. The predicted molar refractivity (Wildman–Crippen MR) is 79.0 cm³/mol. The topological polar surface area (TPSA) is 97.5 Å². The van der Waals surface area contributed by atoms with Gasteiger partial charge in [0.15, 0.2) is 0 Å². The molecule has 6 nitrogen and oxygen atoms in total. The Hall–Kier alpha value is -1.95. The van der Waals surface area contributed by atoms with E-state index in [1.165, 1.54) is 0 Å². The first kappa shape index (κ1) is 12.5. The van der Waals surface area contributed by atoms with E-state index in [2.05, 4.69) is 42.6 Å². The molecule has 2 aromatic rings. The summed E-state index contributed by atoms with van der Waals surface area (Å²) in [4.78, 5) is 5.65. The average molecular weight is 350 g/mol. The van der Waals surface area contributed by atoms with Crippen LogP contribution in [-0.2, 0) is 0 Å². The minimum absolute atomic E-state index is 0.536. The Kier molecular flexibility index (Phi) is 3.57. The van der Waals surface area contributed by atoms with Crippen molar-refractivity contribution in [1.82, 2.24) is 0 Å². The molecule has 0 spiro atoms. The number of aryl methyl sites for hydroxylation is 1. The van der Waals surface area contributed by atoms with E-state index in [0.29, 0.717) is 11.4 Å². The Balaban J connectivity index is 3.01. The number of halogens is 1. The van der Waals surface area contributed by atoms with E-state index in [-0.39, 0.29) is 0 Å². The van der Waals surface area contributed by atoms with Gasteiger partial charge in [0.05, 0.1) is 0 Å². The molecule has 7 heteroatoms. The van der Waals surface area contributed by atoms with Gasteiger partial charge in [-0.2, -0.15) is 0 Å². The summed E-state index contributed by atoms with van der Waals surface area (Å²) in [5.41, 5.74) is 19.2. The van der Waals surface area contributed by atoms with Gasteiger partial charge in [0.2, 0.25) is 0 Å². The molecule has 0 fully saturated rings. The number of nitrogens with zero attached hydrogens (tertiary/aromatic N) is 6. The molecule has 0 N–H and O–H groups in total. The van der Waals surface area contributed by atoms with Crippen LogP contribution in [0.2, 0.25) is 0 Å². The Morgan fingerprint density at radius 3 is 2.56 bits per heavy atom. The predicted octanol–water partition coefficient (Wildman–Crippen LogP) is 5.64. The highest BCUT2D eigenvalue weighted by molar-refractivity contribution is 14.1. The maximum atomic E-state index is 8.62. The minimum atomic E-state index is 0.536. The zero-order valence-corrected chi connectivity index (χ0v) is 11.5. The third kappa shape index (κ3) is 2.06. The van der Waals surface area contributed by atoms with Crippen molar-refractivity contribution in [2.45, 2.75) is 6.92 Å². The van der Waals surface area contributed by atoms with Crippen LogP contribution in [0.3, 0.4) is 0 Å². The lowest BCUT2D eigenvalue weighted by Crippen LogP contribution is -1.84. The Bertz CT molecular complexity index is 726. The molecular formula is C11H7IN6. The van der Waals surface area contributed by atoms with Gasteiger partial charge < -0.3 is 0 Å². The van der Waals surface area contributed by atoms with Crippen molar-refractivity contribution < 1.29 is 0 Å². The van der Waals surface area contributed by atoms with Crippen LogP contribution in [0.1, 0.15) is 5.56 Å². The summed E-state index contributed by atoms with van der Waals surface area (Å²) in [5, 5.41) is 8.99. The Morgan fingerprint density at radius 1 is 1.17 bits per heavy atom. The van der Waals surface area contributed by atoms with E-state index in [1.54, 1.807) is 12.1 Å². The SMILES string of the molecule is Cc1cc(I)c2c(N=[N+]=[N-])cccc2c1N=[N+]=[N-]. The van der Waals surface area contributed by atoms with E-state index in [0.717, 1.165) is 19.9 Å². The molecule has 0 aliphatic carbocycles. The highest BCUT2D eigenvalue weighted by Gasteiger charge is 2.09. The zero-order valence-electron chi connectivity index (χ0n) is 9.37. The van der Waals surface area contributed by atoms with Crippen molar-refractivity contribution in [3.63, 3.8) is 0 Å². The van der Waals surface area contributed by atoms with Crippen LogP contribution in [0, 0.1) is 10.5 Å². The van der Waals surface area contributed by atoms with Crippen molar-refractivity contribution in [3.8, 4) is 0 Å². The van der Waals surface area contributed by atoms with Crippen LogP contribution in [0.15, 0.2) is 34.5 Å². The van der Waals surface area contributed by atoms with Crippen LogP contribution in [-0.4, -0.2) is 0 Å². The molecule has 0 aliphatic heterocycles. The van der Waals surface area contributed by atoms with Gasteiger partial charge in [0.1, 0.15) is 0 Å². The highest BCUT2D eigenvalue weighted by Crippen LogP contribution is 2.38. The lowest BCUT2D eigenvalue weighted by atomic mass is 10.0. The van der Waals surface area contributed by atoms with Gasteiger partial charge in [0, 0.05) is 30.2 Å². The second kappa shape index (κ2) is 5.14. The Labute approximate surface area is 116 Å². The summed E-state index contributed by atoms with van der Waals surface area (Å²) < 4.78 is 0.958. The average Bonchev–Trinajstić information content (AvgIpc) is 2.34. The molecule has 2 rings (SSSR count). The van der Waals surface area contributed by atoms with Gasteiger partial charge in [-0.1, -0.05) is 28.4 Å². The molecule has 0 heterocycles. The van der Waals surface area contributed by atoms with E-state index >= 15 is 0 Å². The summed E-state index contributed by atoms with van der Waals surface area (Å²) in [6.45, 7) is 1.88. The van der Waals surface area contributed by atoms with Crippen LogP contribution in [0.5, 0.6) is 0 Å². The number of azide groups is 2. The first-order chi connectivity index (χ1) is 8.69. The number of fused-ring (bicyclic) bond motifs is 1. The summed E-state index contributed by atoms with van der Waals surface area (Å²) in [5.74, 6) is 0. The molecule has 88 valence electrons. The summed E-state index contributed by atoms with van der Waals surface area (Å²) in [6, 6.07) is 7.27. The van der Waals surface area contributed by atoms with Crippen molar-refractivity contribution in [1.29, 1.82) is 0 Å². The Morgan fingerprint density at radius 2 is 1.89 bits per heavy atom. The first-order valence-electron chi connectivity index (χ1n) is 5.01. The van der Waals surface area contributed by atoms with Gasteiger partial charge in [-0.15, -0.1) is 0 Å². The third-order valence-electron chi connectivity index (χ3n) is 2.55. The minimum Gasteiger partial charge on any atom is -0.0612 e. The van der Waals surface area contributed by atoms with Crippen LogP contribution in [0.4, 0.5) is 11.4 Å². The largest absolute Gasteiger partial charge is 0.0612 e. The molecule has 0 bridgehead atoms. The van der Waals surface area contributed by atoms with Gasteiger partial charge in [-0.3, -0.25) is 0 Å². The molecule has 0 saturated heterocycles. The fraction of sp³-hybridized carbons (Fsp3) is 0.0909. The smallest absolute Gasteiger partial charge is 0.0483 e. The van der Waals surface area contributed by atoms with Crippen LogP contribution >= 0.6 is 22.6 Å². The second-order valence-corrected chi connectivity index (χ2v) is 4.76. The number of hydrogen-bond acceptors (Lipinski definition) is 2. The van der Waals surface area contributed by atoms with Gasteiger partial charge in [0.25, 0.3) is 0 Å². The normalized spacial score (nSPS) is 9.67. The fourth-order valence-corrected chi connectivity index (χ4v) is 2.87. The standard InChI is InChI=1S/C11H7IN6/c1-6-5-8(12)10-7(11(6)16-18-14)3-2-4-9(10)15-17-13/h2-5H,1H3. The number of benzene rings is 2. The van der Waals surface area contributed by atoms with E-state index in [9.17, 15) is 0 Å². The molecule has 0 aromatic heterocycles. The van der Waals surface area contributed by atoms with Gasteiger partial charge in [-0.05, 0) is 57.6 Å². The lowest BCUT2D eigenvalue weighted by molar-refractivity contribution is 1.39. The first-order valence-corrected chi connectivity index (χ1v) is 6.09. The molecule has 0 unspecified atom stereocenters. The van der Waals surface area contributed by atoms with E-state index < -0.39 is 0 Å². The third-order valence-corrected chi connectivity index (χ3v) is 3.40. The number of hydrogen-bond donors (Lipinski definition) is 0. The summed E-state index contributed by atoms with van der Waals surface area (Å²) >= 11 is 2.18. The molecule has 18 heavy (non-hydrogen) atoms. The molecular weight excluding hydrogens is 343 g/mol. The van der Waals surface area contributed by atoms with Crippen LogP contribution < -0.4 is 0 Å². The van der Waals surface area contributed by atoms with Crippen molar-refractivity contribution >= 4 is 44.7 Å². The molecule has 0 radical (unpaired) electrons. The lowest BCUT2D eigenvalue weighted by Gasteiger charge is -2.09. The summed E-state index contributed by atoms with van der Waals surface area (Å²) in [6.07, 6.45) is 0. The zero-order chi connectivity index (χ0) is 13.1. The van der Waals surface area contributed by atoms with Gasteiger partial charge >= 0.3 is 0 Å². The monoisotopic (exact) mass is 350 g/mol. The molecule has 0 amide bonds. The molecule has 0 saturated carbocycles. The number of rotatable bonds is 2. The molecule has 0 aliphatic rings. The van der Waals surface area contributed by atoms with Crippen molar-refractivity contribution in [3.05, 3.63) is 54.3 Å². The van der Waals surface area contributed by atoms with Crippen molar-refractivity contribution in [2.75, 3.05) is 0 Å². The molecule has 2 aromatic carbocycles. The van der Waals surface area contributed by atoms with Gasteiger partial charge in [-0.25, -0.2) is 0 Å². The maximum absolute atomic E-state index is 8.62. The second-order valence-electron chi connectivity index (χ2n) is 3.60. The maximum Gasteiger partial charge on any atom is 0.0483 e. The summed E-state index contributed by atoms with van der Waals surface area (Å²) in [7, 11) is 0. The van der Waals surface area contributed by atoms with Crippen molar-refractivity contribution in [2.24, 2.45) is 10.2 Å². The quantitative estimate of drug-likeness (QED) is 0.290. The highest BCUT2D eigenvalue weighted by atomic mass is 127. The molecule has 0 atom stereocenters. The van der Waals surface area contributed by atoms with E-state index in [1.807, 2.05) is 19.1 Å². The van der Waals surface area contributed by atoms with Crippen LogP contribution in [0.25, 0.3) is 31.7 Å².